The lowest BCUT2D eigenvalue weighted by atomic mass is 9.94. The van der Waals surface area contributed by atoms with Crippen LogP contribution in [0.15, 0.2) is 54.6 Å². The maximum Gasteiger partial charge on any atom is 0.149 e. The molecule has 2 aromatic carbocycles. The van der Waals surface area contributed by atoms with Gasteiger partial charge in [-0.25, -0.2) is 4.98 Å². The van der Waals surface area contributed by atoms with Crippen LogP contribution < -0.4 is 5.73 Å². The van der Waals surface area contributed by atoms with E-state index in [1.165, 1.54) is 0 Å². The second-order valence-corrected chi connectivity index (χ2v) is 5.44. The smallest absolute Gasteiger partial charge is 0.149 e. The number of anilines is 1. The van der Waals surface area contributed by atoms with E-state index in [0.29, 0.717) is 11.1 Å². The Kier molecular flexibility index (Phi) is 4.16. The average Bonchev–Trinajstić information content (AvgIpc) is 2.62. The lowest BCUT2D eigenvalue weighted by Gasteiger charge is -2.11. The molecule has 24 heavy (non-hydrogen) atoms. The molecule has 0 aliphatic heterocycles. The number of benzene rings is 2. The number of nitrogens with zero attached hydrogens (tertiary/aromatic N) is 3. The Bertz CT molecular complexity index is 960. The molecule has 114 valence electrons. The molecule has 0 aliphatic carbocycles. The fourth-order valence-corrected chi connectivity index (χ4v) is 2.79. The Labute approximate surface area is 144 Å². The second kappa shape index (κ2) is 6.42. The van der Waals surface area contributed by atoms with E-state index in [0.717, 1.165) is 11.1 Å². The number of nitriles is 2. The van der Waals surface area contributed by atoms with Gasteiger partial charge in [0.2, 0.25) is 0 Å². The van der Waals surface area contributed by atoms with Gasteiger partial charge in [0.25, 0.3) is 0 Å². The van der Waals surface area contributed by atoms with Crippen molar-refractivity contribution in [2.75, 3.05) is 5.73 Å². The van der Waals surface area contributed by atoms with Crippen LogP contribution in [0.1, 0.15) is 11.1 Å². The summed E-state index contributed by atoms with van der Waals surface area (Å²) in [4.78, 5) is 3.88. The monoisotopic (exact) mass is 330 g/mol. The standard InChI is InChI=1S/C19H11ClN4/c20-18-15(10-21)17(16(11-22)19(23)24-18)14-8-4-7-13(9-14)12-5-2-1-3-6-12/h1-9H,(H2,23,24). The molecule has 0 saturated carbocycles. The minimum atomic E-state index is -0.00545. The summed E-state index contributed by atoms with van der Waals surface area (Å²) in [5, 5.41) is 18.9. The van der Waals surface area contributed by atoms with Gasteiger partial charge in [-0.2, -0.15) is 10.5 Å². The third-order valence-corrected chi connectivity index (χ3v) is 3.94. The number of aromatic nitrogens is 1. The predicted octanol–water partition coefficient (Wildman–Crippen LogP) is 4.39. The number of nitrogens with two attached hydrogens (primary N) is 1. The predicted molar refractivity (Wildman–Crippen MR) is 94.0 cm³/mol. The highest BCUT2D eigenvalue weighted by Gasteiger charge is 2.19. The number of hydrogen-bond acceptors (Lipinski definition) is 4. The van der Waals surface area contributed by atoms with Gasteiger partial charge in [0, 0.05) is 5.56 Å². The number of halogens is 1. The van der Waals surface area contributed by atoms with Crippen molar-refractivity contribution in [1.29, 1.82) is 10.5 Å². The van der Waals surface area contributed by atoms with Crippen LogP contribution in [0.2, 0.25) is 5.15 Å². The Morgan fingerprint density at radius 1 is 0.833 bits per heavy atom. The zero-order chi connectivity index (χ0) is 17.1. The van der Waals surface area contributed by atoms with Crippen LogP contribution in [0.3, 0.4) is 0 Å². The van der Waals surface area contributed by atoms with Crippen LogP contribution in [0.5, 0.6) is 0 Å². The summed E-state index contributed by atoms with van der Waals surface area (Å²) in [7, 11) is 0. The first-order valence-corrected chi connectivity index (χ1v) is 7.48. The van der Waals surface area contributed by atoms with Gasteiger partial charge in [-0.15, -0.1) is 0 Å². The molecule has 5 heteroatoms. The third-order valence-electron chi connectivity index (χ3n) is 3.66. The van der Waals surface area contributed by atoms with Gasteiger partial charge in [0.15, 0.2) is 0 Å². The van der Waals surface area contributed by atoms with Crippen molar-refractivity contribution >= 4 is 17.4 Å². The lowest BCUT2D eigenvalue weighted by Crippen LogP contribution is -2.01. The van der Waals surface area contributed by atoms with Gasteiger partial charge in [-0.05, 0) is 22.8 Å². The molecular formula is C19H11ClN4. The molecule has 0 bridgehead atoms. The summed E-state index contributed by atoms with van der Waals surface area (Å²) in [5.74, 6) is 0.0154. The quantitative estimate of drug-likeness (QED) is 0.706. The minimum absolute atomic E-state index is 0.00545. The Morgan fingerprint density at radius 3 is 2.12 bits per heavy atom. The summed E-state index contributed by atoms with van der Waals surface area (Å²) >= 11 is 6.05. The first kappa shape index (κ1) is 15.6. The molecule has 0 unspecified atom stereocenters. The fourth-order valence-electron chi connectivity index (χ4n) is 2.56. The van der Waals surface area contributed by atoms with Crippen molar-refractivity contribution in [3.8, 4) is 34.4 Å². The van der Waals surface area contributed by atoms with Crippen LogP contribution in [0.25, 0.3) is 22.3 Å². The Hall–Kier alpha value is -3.34. The van der Waals surface area contributed by atoms with E-state index in [2.05, 4.69) is 4.98 Å². The van der Waals surface area contributed by atoms with Gasteiger partial charge in [0.05, 0.1) is 5.56 Å². The minimum Gasteiger partial charge on any atom is -0.383 e. The van der Waals surface area contributed by atoms with Crippen LogP contribution in [0, 0.1) is 22.7 Å². The average molecular weight is 331 g/mol. The molecule has 0 amide bonds. The first-order chi connectivity index (χ1) is 11.7. The van der Waals surface area contributed by atoms with Crippen LogP contribution in [-0.2, 0) is 0 Å². The largest absolute Gasteiger partial charge is 0.383 e. The Balaban J connectivity index is 2.28. The van der Waals surface area contributed by atoms with E-state index >= 15 is 0 Å². The molecule has 0 aliphatic rings. The van der Waals surface area contributed by atoms with Gasteiger partial charge < -0.3 is 5.73 Å². The summed E-state index contributed by atoms with van der Waals surface area (Å²) < 4.78 is 0. The van der Waals surface area contributed by atoms with Crippen molar-refractivity contribution in [3.63, 3.8) is 0 Å². The number of pyridine rings is 1. The molecule has 4 nitrogen and oxygen atoms in total. The molecule has 3 rings (SSSR count). The van der Waals surface area contributed by atoms with Gasteiger partial charge in [-0.3, -0.25) is 0 Å². The summed E-state index contributed by atoms with van der Waals surface area (Å²) in [6.45, 7) is 0. The topological polar surface area (TPSA) is 86.5 Å². The van der Waals surface area contributed by atoms with E-state index in [1.807, 2.05) is 66.7 Å². The van der Waals surface area contributed by atoms with E-state index in [-0.39, 0.29) is 22.1 Å². The molecule has 3 aromatic rings. The lowest BCUT2D eigenvalue weighted by molar-refractivity contribution is 1.29. The third kappa shape index (κ3) is 2.67. The molecule has 0 radical (unpaired) electrons. The molecular weight excluding hydrogens is 320 g/mol. The first-order valence-electron chi connectivity index (χ1n) is 7.10. The molecule has 0 atom stereocenters. The maximum atomic E-state index is 9.44. The van der Waals surface area contributed by atoms with Crippen LogP contribution >= 0.6 is 11.6 Å². The van der Waals surface area contributed by atoms with E-state index in [1.54, 1.807) is 0 Å². The highest BCUT2D eigenvalue weighted by molar-refractivity contribution is 6.31. The molecule has 0 saturated heterocycles. The van der Waals surface area contributed by atoms with E-state index in [4.69, 9.17) is 17.3 Å². The van der Waals surface area contributed by atoms with Crippen LogP contribution in [0.4, 0.5) is 5.82 Å². The fraction of sp³-hybridized carbons (Fsp3) is 0. The highest BCUT2D eigenvalue weighted by atomic mass is 35.5. The number of hydrogen-bond donors (Lipinski definition) is 1. The van der Waals surface area contributed by atoms with E-state index in [9.17, 15) is 10.5 Å². The van der Waals surface area contributed by atoms with Gasteiger partial charge in [0.1, 0.15) is 28.7 Å². The number of rotatable bonds is 2. The molecule has 1 heterocycles. The second-order valence-electron chi connectivity index (χ2n) is 5.08. The number of nitrogen functional groups attached to an aromatic ring is 1. The zero-order valence-corrected chi connectivity index (χ0v) is 13.2. The SMILES string of the molecule is N#Cc1c(N)nc(Cl)c(C#N)c1-c1cccc(-c2ccccc2)c1. The molecule has 2 N–H and O–H groups in total. The normalized spacial score (nSPS) is 9.96. The van der Waals surface area contributed by atoms with Crippen molar-refractivity contribution in [3.05, 3.63) is 70.9 Å². The summed E-state index contributed by atoms with van der Waals surface area (Å²) in [5.41, 5.74) is 9.22. The van der Waals surface area contributed by atoms with Crippen molar-refractivity contribution < 1.29 is 0 Å². The molecule has 0 spiro atoms. The highest BCUT2D eigenvalue weighted by Crippen LogP contribution is 2.35. The van der Waals surface area contributed by atoms with Crippen molar-refractivity contribution in [1.82, 2.24) is 4.98 Å². The molecule has 0 fully saturated rings. The summed E-state index contributed by atoms with van der Waals surface area (Å²) in [6, 6.07) is 21.4. The van der Waals surface area contributed by atoms with E-state index < -0.39 is 0 Å². The van der Waals surface area contributed by atoms with Gasteiger partial charge in [-0.1, -0.05) is 60.1 Å². The van der Waals surface area contributed by atoms with Crippen molar-refractivity contribution in [2.24, 2.45) is 0 Å². The molecule has 1 aromatic heterocycles. The summed E-state index contributed by atoms with van der Waals surface area (Å²) in [6.07, 6.45) is 0. The van der Waals surface area contributed by atoms with Crippen LogP contribution in [-0.4, -0.2) is 4.98 Å². The zero-order valence-electron chi connectivity index (χ0n) is 12.5. The maximum absolute atomic E-state index is 9.44. The Morgan fingerprint density at radius 2 is 1.46 bits per heavy atom. The van der Waals surface area contributed by atoms with Gasteiger partial charge >= 0.3 is 0 Å². The van der Waals surface area contributed by atoms with Crippen molar-refractivity contribution in [2.45, 2.75) is 0 Å².